The number of para-hydroxylation sites is 12. The molecule has 2 unspecified atom stereocenters. The highest BCUT2D eigenvalue weighted by Crippen LogP contribution is 2.63. The summed E-state index contributed by atoms with van der Waals surface area (Å²) in [6, 6.07) is 137. The second-order valence-electron chi connectivity index (χ2n) is 27.7. The summed E-state index contributed by atoms with van der Waals surface area (Å²) < 4.78 is 19.3. The van der Waals surface area contributed by atoms with Crippen molar-refractivity contribution in [1.29, 1.82) is 0 Å². The van der Waals surface area contributed by atoms with Gasteiger partial charge < -0.3 is 38.5 Å². The second kappa shape index (κ2) is 27.8. The molecule has 0 fully saturated rings. The number of nitrogens with zero attached hydrogens (tertiary/aromatic N) is 4. The van der Waals surface area contributed by atoms with Crippen molar-refractivity contribution in [2.45, 2.75) is 25.7 Å². The Bertz CT molecular complexity index is 6430. The third-order valence-electron chi connectivity index (χ3n) is 22.0. The van der Waals surface area contributed by atoms with Crippen LogP contribution in [-0.2, 0) is 10.8 Å². The Hall–Kier alpha value is -13.2. The van der Waals surface area contributed by atoms with E-state index in [4.69, 9.17) is 9.47 Å². The number of benzene rings is 16. The van der Waals surface area contributed by atoms with Crippen molar-refractivity contribution < 1.29 is 19.5 Å². The van der Waals surface area contributed by atoms with Gasteiger partial charge in [0.15, 0.2) is 0 Å². The first-order valence-corrected chi connectivity index (χ1v) is 37.3. The van der Waals surface area contributed by atoms with Crippen LogP contribution >= 0.6 is 15.9 Å². The van der Waals surface area contributed by atoms with E-state index in [-0.39, 0.29) is 14.9 Å². The molecule has 8 nitrogen and oxygen atoms in total. The standard InChI is InChI=1S/C49H32N2O.C31H18BrNO.C18H16BNO2.2CH4/c1-3-14-35(15-4-1)50(36-16-5-2-6-17-36)37-29-26-33(27-30-37)34-28-31-47-43(32-34)49(41-21-9-12-25-46(41)52-47)40-20-8-11-24-45(40)51-44-23-10-7-18-38(44)39-19-13-22-42(49)48(39)51;32-19-16-17-29-25(18-19)31(23-11-3-6-15-28(23)34-29)22-10-2-5-14-27(22)33-26-13-4-1-8-20(26)21-9-7-12-24(31)30(21)33;21-19(22)15-11-13-18(14-12-15)20(16-7-3-1-4-8-16)17-9-5-2-6-10-17;;/h1-32H;1-18H;1-14,21-22H;2*1H4. The second-order valence-corrected chi connectivity index (χ2v) is 28.6. The summed E-state index contributed by atoms with van der Waals surface area (Å²) in [5, 5.41) is 23.5. The summed E-state index contributed by atoms with van der Waals surface area (Å²) in [6.07, 6.45) is 0. The zero-order valence-corrected chi connectivity index (χ0v) is 60.0. The number of hydrogen-bond donors (Lipinski definition) is 2. The van der Waals surface area contributed by atoms with Crippen LogP contribution in [0.25, 0.3) is 66.1 Å². The average molecular weight is 1490 g/mol. The monoisotopic (exact) mass is 1480 g/mol. The number of anilines is 6. The lowest BCUT2D eigenvalue weighted by molar-refractivity contribution is 0.425. The summed E-state index contributed by atoms with van der Waals surface area (Å²) in [4.78, 5) is 4.42. The molecule has 0 bridgehead atoms. The first-order chi connectivity index (χ1) is 53.3. The third kappa shape index (κ3) is 10.7. The molecule has 16 aromatic carbocycles. The molecule has 0 radical (unpaired) electrons. The molecule has 2 N–H and O–H groups in total. The summed E-state index contributed by atoms with van der Waals surface area (Å²) in [7, 11) is -1.45. The van der Waals surface area contributed by atoms with Crippen molar-refractivity contribution >= 4 is 106 Å². The van der Waals surface area contributed by atoms with E-state index >= 15 is 0 Å². The number of halogens is 1. The van der Waals surface area contributed by atoms with Crippen molar-refractivity contribution in [3.05, 3.63) is 437 Å². The lowest BCUT2D eigenvalue weighted by atomic mass is 9.61. The topological polar surface area (TPSA) is 75.3 Å². The minimum Gasteiger partial charge on any atom is -0.457 e. The number of rotatable bonds is 8. The Morgan fingerprint density at radius 2 is 0.600 bits per heavy atom. The van der Waals surface area contributed by atoms with Crippen LogP contribution in [0, 0.1) is 0 Å². The highest BCUT2D eigenvalue weighted by atomic mass is 79.9. The van der Waals surface area contributed by atoms with Gasteiger partial charge in [0.05, 0.1) is 44.3 Å². The average Bonchev–Trinajstić information content (AvgIpc) is 1.36. The van der Waals surface area contributed by atoms with Crippen LogP contribution in [0.3, 0.4) is 0 Å². The van der Waals surface area contributed by atoms with Gasteiger partial charge in [-0.05, 0) is 178 Å². The number of aromatic nitrogens is 2. The molecule has 6 heterocycles. The van der Waals surface area contributed by atoms with E-state index in [2.05, 4.69) is 338 Å². The van der Waals surface area contributed by atoms with E-state index in [1.54, 1.807) is 12.1 Å². The molecule has 0 amide bonds. The molecule has 528 valence electrons. The van der Waals surface area contributed by atoms with Crippen molar-refractivity contribution in [2.75, 3.05) is 9.80 Å². The van der Waals surface area contributed by atoms with Crippen LogP contribution in [0.5, 0.6) is 23.0 Å². The molecule has 2 spiro atoms. The quantitative estimate of drug-likeness (QED) is 0.148. The van der Waals surface area contributed by atoms with Gasteiger partial charge in [-0.15, -0.1) is 0 Å². The molecule has 22 rings (SSSR count). The van der Waals surface area contributed by atoms with Crippen LogP contribution in [0.1, 0.15) is 59.4 Å². The molecule has 4 aliphatic heterocycles. The van der Waals surface area contributed by atoms with E-state index < -0.39 is 17.9 Å². The van der Waals surface area contributed by atoms with Gasteiger partial charge in [-0.25, -0.2) is 0 Å². The fourth-order valence-electron chi connectivity index (χ4n) is 17.6. The van der Waals surface area contributed by atoms with Crippen LogP contribution in [-0.4, -0.2) is 26.3 Å². The van der Waals surface area contributed by atoms with Crippen LogP contribution in [0.15, 0.2) is 393 Å². The van der Waals surface area contributed by atoms with E-state index in [9.17, 15) is 10.0 Å². The maximum atomic E-state index is 9.23. The fraction of sp³-hybridized carbons (Fsp3) is 0.0400. The maximum Gasteiger partial charge on any atom is 0.488 e. The summed E-state index contributed by atoms with van der Waals surface area (Å²) in [6.45, 7) is 0. The molecule has 0 saturated heterocycles. The highest BCUT2D eigenvalue weighted by Gasteiger charge is 2.52. The van der Waals surface area contributed by atoms with Crippen molar-refractivity contribution in [3.8, 4) is 45.5 Å². The minimum atomic E-state index is -1.45. The first kappa shape index (κ1) is 68.6. The molecule has 110 heavy (non-hydrogen) atoms. The molecule has 0 aliphatic carbocycles. The van der Waals surface area contributed by atoms with E-state index in [0.717, 1.165) is 89.4 Å². The first-order valence-electron chi connectivity index (χ1n) is 36.5. The minimum absolute atomic E-state index is 0. The molecule has 2 aromatic heterocycles. The van der Waals surface area contributed by atoms with Crippen molar-refractivity contribution in [3.63, 3.8) is 0 Å². The van der Waals surface area contributed by atoms with Gasteiger partial charge in [0.25, 0.3) is 0 Å². The number of fused-ring (bicyclic) bond motifs is 22. The van der Waals surface area contributed by atoms with Gasteiger partial charge in [-0.1, -0.05) is 280 Å². The molecule has 18 aromatic rings. The van der Waals surface area contributed by atoms with E-state index in [1.807, 2.05) is 72.8 Å². The van der Waals surface area contributed by atoms with Gasteiger partial charge >= 0.3 is 7.12 Å². The van der Waals surface area contributed by atoms with Gasteiger partial charge in [0.1, 0.15) is 23.0 Å². The summed E-state index contributed by atoms with van der Waals surface area (Å²) in [5.41, 5.74) is 25.2. The normalized spacial score (nSPS) is 14.6. The molecular weight excluding hydrogens is 1410 g/mol. The highest BCUT2D eigenvalue weighted by molar-refractivity contribution is 9.10. The molecular formula is C100H74BBrN4O4. The number of hydrogen-bond acceptors (Lipinski definition) is 6. The largest absolute Gasteiger partial charge is 0.488 e. The predicted octanol–water partition coefficient (Wildman–Crippen LogP) is 25.2. The summed E-state index contributed by atoms with van der Waals surface area (Å²) in [5.74, 6) is 3.59. The molecule has 4 aliphatic rings. The van der Waals surface area contributed by atoms with Gasteiger partial charge in [-0.3, -0.25) is 0 Å². The van der Waals surface area contributed by atoms with Gasteiger partial charge in [0.2, 0.25) is 0 Å². The third-order valence-corrected chi connectivity index (χ3v) is 22.5. The smallest absolute Gasteiger partial charge is 0.457 e. The van der Waals surface area contributed by atoms with Crippen LogP contribution in [0.4, 0.5) is 34.1 Å². The SMILES string of the molecule is Brc1ccc2c(c1)C1(c3ccccc3O2)c2ccccc2-n2c3ccccc3c3cccc1c32.C.C.OB(O)c1ccc(N(c2ccccc2)c2ccccc2)cc1.c1ccc(N(c2ccccc2)c2ccc(-c3ccc4c(c3)C3(c5ccccc5O4)c4ccccc4-n4c5ccccc5c5cccc3c54)cc2)cc1. The lowest BCUT2D eigenvalue weighted by Gasteiger charge is -2.45. The Morgan fingerprint density at radius 3 is 1.05 bits per heavy atom. The predicted molar refractivity (Wildman–Crippen MR) is 458 cm³/mol. The van der Waals surface area contributed by atoms with Gasteiger partial charge in [-0.2, -0.15) is 0 Å². The van der Waals surface area contributed by atoms with Crippen molar-refractivity contribution in [1.82, 2.24) is 9.13 Å². The van der Waals surface area contributed by atoms with Crippen LogP contribution in [0.2, 0.25) is 0 Å². The Kier molecular flexibility index (Phi) is 17.4. The Morgan fingerprint density at radius 1 is 0.273 bits per heavy atom. The lowest BCUT2D eigenvalue weighted by Crippen LogP contribution is -2.37. The number of ether oxygens (including phenoxy) is 2. The van der Waals surface area contributed by atoms with E-state index in [1.165, 1.54) is 82.8 Å². The van der Waals surface area contributed by atoms with Gasteiger partial charge in [0, 0.05) is 82.4 Å². The Balaban J connectivity index is 0.000000126. The zero-order chi connectivity index (χ0) is 72.0. The zero-order valence-electron chi connectivity index (χ0n) is 58.4. The fourth-order valence-corrected chi connectivity index (χ4v) is 18.0. The van der Waals surface area contributed by atoms with E-state index in [0.29, 0.717) is 5.46 Å². The molecule has 0 saturated carbocycles. The Labute approximate surface area is 648 Å². The molecule has 10 heteroatoms. The summed E-state index contributed by atoms with van der Waals surface area (Å²) >= 11 is 3.76. The molecule has 2 atom stereocenters. The van der Waals surface area contributed by atoms with Crippen molar-refractivity contribution in [2.24, 2.45) is 0 Å². The van der Waals surface area contributed by atoms with Crippen LogP contribution < -0.4 is 24.7 Å². The maximum absolute atomic E-state index is 9.23.